The van der Waals surface area contributed by atoms with Crippen molar-refractivity contribution < 1.29 is 0 Å². The van der Waals surface area contributed by atoms with Gasteiger partial charge >= 0.3 is 0 Å². The molecular formula is C47H46N2. The van der Waals surface area contributed by atoms with E-state index in [1.54, 1.807) is 0 Å². The highest BCUT2D eigenvalue weighted by atomic mass is 15.2. The van der Waals surface area contributed by atoms with Crippen LogP contribution >= 0.6 is 0 Å². The van der Waals surface area contributed by atoms with E-state index in [0.717, 1.165) is 17.9 Å². The molecule has 0 spiro atoms. The van der Waals surface area contributed by atoms with Crippen LogP contribution in [0, 0.1) is 0 Å². The predicted molar refractivity (Wildman–Crippen MR) is 212 cm³/mol. The summed E-state index contributed by atoms with van der Waals surface area (Å²) in [6.45, 7) is 14.4. The van der Waals surface area contributed by atoms with Crippen LogP contribution in [-0.2, 0) is 17.4 Å². The zero-order chi connectivity index (χ0) is 34.2. The molecule has 7 aromatic carbocycles. The second-order valence-corrected chi connectivity index (χ2v) is 15.1. The summed E-state index contributed by atoms with van der Waals surface area (Å²) in [6, 6.07) is 57.8. The van der Waals surface area contributed by atoms with Gasteiger partial charge in [-0.25, -0.2) is 0 Å². The van der Waals surface area contributed by atoms with Crippen molar-refractivity contribution in [1.82, 2.24) is 0 Å². The Hall–Kier alpha value is -5.34. The summed E-state index contributed by atoms with van der Waals surface area (Å²) in [5, 5.41) is 4.98. The van der Waals surface area contributed by atoms with Gasteiger partial charge in [0.1, 0.15) is 0 Å². The smallest absolute Gasteiger partial charge is 0.0618 e. The van der Waals surface area contributed by atoms with E-state index in [2.05, 4.69) is 209 Å². The highest BCUT2D eigenvalue weighted by Gasteiger charge is 2.24. The van der Waals surface area contributed by atoms with Crippen molar-refractivity contribution in [2.45, 2.75) is 58.9 Å². The molecule has 0 aliphatic heterocycles. The Morgan fingerprint density at radius 2 is 0.714 bits per heavy atom. The van der Waals surface area contributed by atoms with Gasteiger partial charge in [-0.3, -0.25) is 0 Å². The molecular weight excluding hydrogens is 593 g/mol. The summed E-state index contributed by atoms with van der Waals surface area (Å²) in [4.78, 5) is 4.90. The third kappa shape index (κ3) is 6.44. The molecule has 7 rings (SSSR count). The summed E-state index contributed by atoms with van der Waals surface area (Å²) in [6.07, 6.45) is 0. The van der Waals surface area contributed by atoms with Crippen molar-refractivity contribution >= 4 is 50.0 Å². The fourth-order valence-corrected chi connectivity index (χ4v) is 6.94. The number of nitrogens with zero attached hydrogens (tertiary/aromatic N) is 2. The normalized spacial score (nSPS) is 12.0. The van der Waals surface area contributed by atoms with Crippen LogP contribution in [0.1, 0.15) is 58.2 Å². The Kier molecular flexibility index (Phi) is 8.50. The summed E-state index contributed by atoms with van der Waals surface area (Å²) >= 11 is 0. The van der Waals surface area contributed by atoms with Gasteiger partial charge in [-0.15, -0.1) is 0 Å². The van der Waals surface area contributed by atoms with Crippen LogP contribution in [0.3, 0.4) is 0 Å². The third-order valence-corrected chi connectivity index (χ3v) is 9.67. The molecule has 0 radical (unpaired) electrons. The molecule has 0 aliphatic rings. The molecule has 0 unspecified atom stereocenters. The molecule has 2 nitrogen and oxygen atoms in total. The van der Waals surface area contributed by atoms with E-state index in [-0.39, 0.29) is 10.8 Å². The lowest BCUT2D eigenvalue weighted by molar-refractivity contribution is 0.590. The standard InChI is InChI=1S/C47H46N2/c1-46(2,3)34-25-29-37(30-26-34)48(36-17-9-7-10-18-36)33-44-40-21-13-15-23-42(40)45(43-24-16-14-22-41(43)44)49(38-19-11-8-12-20-38)39-31-27-35(28-32-39)47(4,5)6/h7-32H,33H2,1-6H3. The zero-order valence-electron chi connectivity index (χ0n) is 29.6. The fraction of sp³-hybridized carbons (Fsp3) is 0.191. The molecule has 0 aliphatic carbocycles. The summed E-state index contributed by atoms with van der Waals surface area (Å²) < 4.78 is 0. The number of hydrogen-bond donors (Lipinski definition) is 0. The monoisotopic (exact) mass is 638 g/mol. The Bertz CT molecular complexity index is 2130. The molecule has 0 saturated carbocycles. The van der Waals surface area contributed by atoms with E-state index in [9.17, 15) is 0 Å². The first-order valence-electron chi connectivity index (χ1n) is 17.4. The van der Waals surface area contributed by atoms with Crippen molar-refractivity contribution in [2.75, 3.05) is 9.80 Å². The summed E-state index contributed by atoms with van der Waals surface area (Å²) in [5.74, 6) is 0. The minimum absolute atomic E-state index is 0.0782. The van der Waals surface area contributed by atoms with Gasteiger partial charge in [-0.1, -0.05) is 151 Å². The quantitative estimate of drug-likeness (QED) is 0.160. The maximum Gasteiger partial charge on any atom is 0.0618 e. The lowest BCUT2D eigenvalue weighted by Crippen LogP contribution is -2.18. The van der Waals surface area contributed by atoms with Gasteiger partial charge < -0.3 is 9.80 Å². The molecule has 0 N–H and O–H groups in total. The zero-order valence-corrected chi connectivity index (χ0v) is 29.6. The SMILES string of the molecule is CC(C)(C)c1ccc(N(Cc2c3ccccc3c(N(c3ccccc3)c3ccc(C(C)(C)C)cc3)c3ccccc23)c2ccccc2)cc1. The van der Waals surface area contributed by atoms with Gasteiger partial charge in [0.15, 0.2) is 0 Å². The molecule has 0 amide bonds. The van der Waals surface area contributed by atoms with Crippen molar-refractivity contribution in [3.05, 3.63) is 174 Å². The first kappa shape index (κ1) is 32.2. The minimum Gasteiger partial charge on any atom is -0.337 e. The molecule has 0 aromatic heterocycles. The lowest BCUT2D eigenvalue weighted by atomic mass is 9.87. The second-order valence-electron chi connectivity index (χ2n) is 15.1. The third-order valence-electron chi connectivity index (χ3n) is 9.67. The number of fused-ring (bicyclic) bond motifs is 2. The Labute approximate surface area is 292 Å². The van der Waals surface area contributed by atoms with Gasteiger partial charge in [-0.2, -0.15) is 0 Å². The van der Waals surface area contributed by atoms with Crippen LogP contribution in [-0.4, -0.2) is 0 Å². The van der Waals surface area contributed by atoms with E-state index < -0.39 is 0 Å². The first-order valence-corrected chi connectivity index (χ1v) is 17.4. The molecule has 244 valence electrons. The van der Waals surface area contributed by atoms with Crippen molar-refractivity contribution in [1.29, 1.82) is 0 Å². The molecule has 7 aromatic rings. The van der Waals surface area contributed by atoms with Crippen LogP contribution in [0.5, 0.6) is 0 Å². The van der Waals surface area contributed by atoms with E-state index in [4.69, 9.17) is 0 Å². The van der Waals surface area contributed by atoms with E-state index in [1.807, 2.05) is 0 Å². The van der Waals surface area contributed by atoms with Gasteiger partial charge in [-0.05, 0) is 86.8 Å². The Balaban J connectivity index is 1.46. The fourth-order valence-electron chi connectivity index (χ4n) is 6.94. The summed E-state index contributed by atoms with van der Waals surface area (Å²) in [5.41, 5.74) is 9.98. The topological polar surface area (TPSA) is 6.48 Å². The highest BCUT2D eigenvalue weighted by molar-refractivity contribution is 6.16. The van der Waals surface area contributed by atoms with Crippen molar-refractivity contribution in [3.63, 3.8) is 0 Å². The van der Waals surface area contributed by atoms with Gasteiger partial charge in [0.25, 0.3) is 0 Å². The van der Waals surface area contributed by atoms with E-state index >= 15 is 0 Å². The lowest BCUT2D eigenvalue weighted by Gasteiger charge is -2.31. The number of para-hydroxylation sites is 2. The van der Waals surface area contributed by atoms with Crippen LogP contribution in [0.25, 0.3) is 21.5 Å². The molecule has 0 bridgehead atoms. The average molecular weight is 639 g/mol. The molecule has 0 saturated heterocycles. The van der Waals surface area contributed by atoms with Crippen LogP contribution in [0.2, 0.25) is 0 Å². The maximum absolute atomic E-state index is 2.46. The number of rotatable bonds is 7. The highest BCUT2D eigenvalue weighted by Crippen LogP contribution is 2.46. The van der Waals surface area contributed by atoms with Crippen molar-refractivity contribution in [2.24, 2.45) is 0 Å². The first-order chi connectivity index (χ1) is 23.6. The van der Waals surface area contributed by atoms with Crippen LogP contribution in [0.4, 0.5) is 28.4 Å². The van der Waals surface area contributed by atoms with E-state index in [0.29, 0.717) is 0 Å². The van der Waals surface area contributed by atoms with Crippen LogP contribution < -0.4 is 9.80 Å². The minimum atomic E-state index is 0.0782. The number of anilines is 5. The largest absolute Gasteiger partial charge is 0.337 e. The van der Waals surface area contributed by atoms with Crippen molar-refractivity contribution in [3.8, 4) is 0 Å². The van der Waals surface area contributed by atoms with Gasteiger partial charge in [0, 0.05) is 40.1 Å². The summed E-state index contributed by atoms with van der Waals surface area (Å²) in [7, 11) is 0. The van der Waals surface area contributed by atoms with E-state index in [1.165, 1.54) is 55.3 Å². The predicted octanol–water partition coefficient (Wildman–Crippen LogP) is 13.4. The average Bonchev–Trinajstić information content (AvgIpc) is 3.11. The van der Waals surface area contributed by atoms with Crippen LogP contribution in [0.15, 0.2) is 158 Å². The maximum atomic E-state index is 2.46. The van der Waals surface area contributed by atoms with Gasteiger partial charge in [0.2, 0.25) is 0 Å². The Morgan fingerprint density at radius 1 is 0.367 bits per heavy atom. The molecule has 2 heteroatoms. The molecule has 0 fully saturated rings. The molecule has 0 heterocycles. The molecule has 49 heavy (non-hydrogen) atoms. The van der Waals surface area contributed by atoms with Gasteiger partial charge in [0.05, 0.1) is 5.69 Å². The number of benzene rings is 7. The molecule has 0 atom stereocenters. The Morgan fingerprint density at radius 3 is 1.16 bits per heavy atom. The number of hydrogen-bond acceptors (Lipinski definition) is 2. The second kappa shape index (κ2) is 12.9.